The van der Waals surface area contributed by atoms with Crippen LogP contribution in [0.15, 0.2) is 36.4 Å². The average molecular weight is 362 g/mol. The normalized spacial score (nSPS) is 11.1. The van der Waals surface area contributed by atoms with Gasteiger partial charge in [-0.2, -0.15) is 0 Å². The minimum Gasteiger partial charge on any atom is -0.418 e. The number of carbonyl (C=O) groups is 2. The van der Waals surface area contributed by atoms with Gasteiger partial charge in [-0.15, -0.1) is 0 Å². The van der Waals surface area contributed by atoms with Crippen LogP contribution in [0.25, 0.3) is 0 Å². The second kappa shape index (κ2) is 7.21. The topological polar surface area (TPSA) is 89.9 Å². The first-order valence-corrected chi connectivity index (χ1v) is 9.20. The van der Waals surface area contributed by atoms with Crippen LogP contribution in [-0.2, 0) is 4.57 Å². The third-order valence-electron chi connectivity index (χ3n) is 3.69. The lowest BCUT2D eigenvalue weighted by molar-refractivity contribution is 0.210. The molecule has 0 atom stereocenters. The van der Waals surface area contributed by atoms with Crippen molar-refractivity contribution in [2.45, 2.75) is 27.7 Å². The number of carbonyl (C=O) groups excluding carboxylic acids is 2. The van der Waals surface area contributed by atoms with Gasteiger partial charge in [-0.3, -0.25) is 4.57 Å². The first kappa shape index (κ1) is 18.9. The van der Waals surface area contributed by atoms with Crippen molar-refractivity contribution in [2.75, 3.05) is 0 Å². The monoisotopic (exact) mass is 362 g/mol. The van der Waals surface area contributed by atoms with E-state index in [0.29, 0.717) is 22.3 Å². The molecule has 0 aliphatic rings. The van der Waals surface area contributed by atoms with Crippen molar-refractivity contribution in [3.63, 3.8) is 0 Å². The van der Waals surface area contributed by atoms with Crippen molar-refractivity contribution < 1.29 is 28.5 Å². The van der Waals surface area contributed by atoms with Gasteiger partial charge in [0.05, 0.1) is 0 Å². The van der Waals surface area contributed by atoms with Gasteiger partial charge in [0.15, 0.2) is 0 Å². The number of benzene rings is 2. The van der Waals surface area contributed by atoms with E-state index in [4.69, 9.17) is 9.47 Å². The van der Waals surface area contributed by atoms with Crippen LogP contribution in [0, 0.1) is 27.7 Å². The van der Waals surface area contributed by atoms with Crippen LogP contribution in [0.3, 0.4) is 0 Å². The zero-order valence-corrected chi connectivity index (χ0v) is 15.3. The van der Waals surface area contributed by atoms with E-state index in [-0.39, 0.29) is 11.5 Å². The van der Waals surface area contributed by atoms with Crippen molar-refractivity contribution in [3.8, 4) is 11.5 Å². The van der Waals surface area contributed by atoms with Gasteiger partial charge in [0.2, 0.25) is 0 Å². The van der Waals surface area contributed by atoms with Gasteiger partial charge in [0, 0.05) is 0 Å². The third-order valence-corrected chi connectivity index (χ3v) is 4.86. The fourth-order valence-corrected chi connectivity index (χ4v) is 2.87. The lowest BCUT2D eigenvalue weighted by Gasteiger charge is -2.14. The van der Waals surface area contributed by atoms with E-state index in [1.54, 1.807) is 64.1 Å². The van der Waals surface area contributed by atoms with E-state index in [2.05, 4.69) is 0 Å². The van der Waals surface area contributed by atoms with Crippen molar-refractivity contribution in [1.29, 1.82) is 0 Å². The minimum absolute atomic E-state index is 0.154. The van der Waals surface area contributed by atoms with Gasteiger partial charge in [-0.1, -0.05) is 36.4 Å². The number of ether oxygens (including phenoxy) is 2. The first-order chi connectivity index (χ1) is 11.6. The summed E-state index contributed by atoms with van der Waals surface area (Å²) in [6.45, 7) is 6.75. The van der Waals surface area contributed by atoms with Gasteiger partial charge < -0.3 is 14.4 Å². The second-order valence-electron chi connectivity index (χ2n) is 5.75. The van der Waals surface area contributed by atoms with Crippen molar-refractivity contribution >= 4 is 18.8 Å². The molecule has 0 heterocycles. The number of para-hydroxylation sites is 2. The summed E-state index contributed by atoms with van der Waals surface area (Å²) in [5, 5.41) is 0. The molecule has 0 aromatic heterocycles. The number of hydrogen-bond donors (Lipinski definition) is 1. The van der Waals surface area contributed by atoms with E-state index < -0.39 is 18.8 Å². The summed E-state index contributed by atoms with van der Waals surface area (Å²) in [5.74, 6) is 0.309. The van der Waals surface area contributed by atoms with Crippen LogP contribution in [0.1, 0.15) is 22.3 Å². The Morgan fingerprint density at radius 3 is 1.32 bits per heavy atom. The summed E-state index contributed by atoms with van der Waals surface area (Å²) in [7, 11) is -5.01. The molecule has 6 nitrogen and oxygen atoms in total. The van der Waals surface area contributed by atoms with Crippen LogP contribution < -0.4 is 9.47 Å². The highest BCUT2D eigenvalue weighted by Gasteiger charge is 2.43. The van der Waals surface area contributed by atoms with Crippen LogP contribution in [0.5, 0.6) is 11.5 Å². The van der Waals surface area contributed by atoms with Crippen molar-refractivity contribution in [2.24, 2.45) is 0 Å². The average Bonchev–Trinajstić information content (AvgIpc) is 2.54. The van der Waals surface area contributed by atoms with Gasteiger partial charge >= 0.3 is 18.8 Å². The lowest BCUT2D eigenvalue weighted by Crippen LogP contribution is -2.18. The molecule has 1 N–H and O–H groups in total. The molecular weight excluding hydrogens is 343 g/mol. The molecule has 0 aliphatic carbocycles. The molecule has 0 unspecified atom stereocenters. The summed E-state index contributed by atoms with van der Waals surface area (Å²) in [5.41, 5.74) is -0.622. The molecule has 0 amide bonds. The molecule has 132 valence electrons. The molecule has 2 aromatic carbocycles. The predicted octanol–water partition coefficient (Wildman–Crippen LogP) is 4.89. The Morgan fingerprint density at radius 2 is 1.04 bits per heavy atom. The van der Waals surface area contributed by atoms with Crippen molar-refractivity contribution in [3.05, 3.63) is 58.7 Å². The van der Waals surface area contributed by atoms with Gasteiger partial charge in [-0.05, 0) is 49.9 Å². The maximum absolute atomic E-state index is 12.3. The Balaban J connectivity index is 2.24. The predicted molar refractivity (Wildman–Crippen MR) is 93.7 cm³/mol. The molecule has 0 fully saturated rings. The molecular formula is C18H19O6P. The molecule has 0 aliphatic heterocycles. The Morgan fingerprint density at radius 1 is 0.760 bits per heavy atom. The highest BCUT2D eigenvalue weighted by molar-refractivity contribution is 7.89. The lowest BCUT2D eigenvalue weighted by atomic mass is 10.1. The van der Waals surface area contributed by atoms with E-state index in [9.17, 15) is 19.0 Å². The Labute approximate surface area is 145 Å². The van der Waals surface area contributed by atoms with Crippen LogP contribution in [-0.4, -0.2) is 16.3 Å². The quantitative estimate of drug-likeness (QED) is 0.779. The van der Waals surface area contributed by atoms with Gasteiger partial charge in [-0.25, -0.2) is 9.59 Å². The molecule has 0 spiro atoms. The van der Waals surface area contributed by atoms with Gasteiger partial charge in [0.1, 0.15) is 11.5 Å². The number of aryl methyl sites for hydroxylation is 4. The fourth-order valence-electron chi connectivity index (χ4n) is 2.29. The van der Waals surface area contributed by atoms with Crippen molar-refractivity contribution in [1.82, 2.24) is 0 Å². The van der Waals surface area contributed by atoms with E-state index in [1.807, 2.05) is 0 Å². The molecule has 7 heteroatoms. The summed E-state index contributed by atoms with van der Waals surface area (Å²) in [4.78, 5) is 34.2. The minimum atomic E-state index is -5.01. The molecule has 25 heavy (non-hydrogen) atoms. The molecule has 0 radical (unpaired) electrons. The standard InChI is InChI=1S/C18H19O6P/c1-11-7-5-8-12(2)15(11)23-17(19)25(21,22)18(20)24-16-13(3)9-6-10-14(16)4/h5-10H,1-4H3,(H,21,22). The summed E-state index contributed by atoms with van der Waals surface area (Å²) in [6, 6.07) is 10.3. The maximum Gasteiger partial charge on any atom is 0.411 e. The Kier molecular flexibility index (Phi) is 5.45. The maximum atomic E-state index is 12.3. The summed E-state index contributed by atoms with van der Waals surface area (Å²) in [6.07, 6.45) is 0. The summed E-state index contributed by atoms with van der Waals surface area (Å²) < 4.78 is 22.3. The molecule has 0 saturated heterocycles. The zero-order valence-electron chi connectivity index (χ0n) is 14.4. The van der Waals surface area contributed by atoms with Crippen LogP contribution in [0.2, 0.25) is 0 Å². The highest BCUT2D eigenvalue weighted by Crippen LogP contribution is 2.46. The van der Waals surface area contributed by atoms with E-state index in [1.165, 1.54) is 0 Å². The molecule has 0 bridgehead atoms. The number of hydrogen-bond acceptors (Lipinski definition) is 5. The largest absolute Gasteiger partial charge is 0.418 e. The molecule has 0 saturated carbocycles. The fraction of sp³-hybridized carbons (Fsp3) is 0.222. The Hall–Kier alpha value is -2.43. The van der Waals surface area contributed by atoms with E-state index >= 15 is 0 Å². The second-order valence-corrected chi connectivity index (χ2v) is 7.64. The van der Waals surface area contributed by atoms with Gasteiger partial charge in [0.25, 0.3) is 0 Å². The zero-order chi connectivity index (χ0) is 18.8. The van der Waals surface area contributed by atoms with E-state index in [0.717, 1.165) is 0 Å². The van der Waals surface area contributed by atoms with Crippen LogP contribution in [0.4, 0.5) is 9.59 Å². The highest BCUT2D eigenvalue weighted by atomic mass is 31.2. The number of rotatable bonds is 4. The SMILES string of the molecule is Cc1cccc(C)c1OC(=O)P(=O)(O)C(=O)Oc1c(C)cccc1C. The first-order valence-electron chi connectivity index (χ1n) is 7.54. The molecule has 2 aromatic rings. The smallest absolute Gasteiger partial charge is 0.411 e. The van der Waals surface area contributed by atoms with Crippen LogP contribution >= 0.6 is 7.37 Å². The summed E-state index contributed by atoms with van der Waals surface area (Å²) >= 11 is 0. The third kappa shape index (κ3) is 3.98. The molecule has 2 rings (SSSR count). The Bertz CT molecular complexity index is 777.